The molecule has 0 aliphatic carbocycles. The van der Waals surface area contributed by atoms with Crippen LogP contribution in [0.4, 0.5) is 0 Å². The topological polar surface area (TPSA) is 34.9 Å². The quantitative estimate of drug-likeness (QED) is 0.679. The van der Waals surface area contributed by atoms with Crippen LogP contribution in [0.25, 0.3) is 10.7 Å². The van der Waals surface area contributed by atoms with E-state index < -0.39 is 0 Å². The standard InChI is InChI=1S/C17H16N2OS/c1-12-5-6-13(2)14(10-12)15(20)11-19-8-7-18-17(19)16-4-3-9-21-16/h3-10H,11H2,1-2H3. The van der Waals surface area contributed by atoms with E-state index in [1.54, 1.807) is 17.5 Å². The summed E-state index contributed by atoms with van der Waals surface area (Å²) in [7, 11) is 0. The number of benzene rings is 1. The number of carbonyl (C=O) groups excluding carboxylic acids is 1. The first kappa shape index (κ1) is 13.8. The maximum atomic E-state index is 12.6. The van der Waals surface area contributed by atoms with E-state index in [1.807, 2.05) is 60.3 Å². The minimum absolute atomic E-state index is 0.118. The average Bonchev–Trinajstić information content (AvgIpc) is 3.11. The Morgan fingerprint density at radius 1 is 1.29 bits per heavy atom. The maximum absolute atomic E-state index is 12.6. The molecule has 0 N–H and O–H groups in total. The van der Waals surface area contributed by atoms with Crippen molar-refractivity contribution in [1.29, 1.82) is 0 Å². The summed E-state index contributed by atoms with van der Waals surface area (Å²) in [5.41, 5.74) is 2.91. The van der Waals surface area contributed by atoms with Gasteiger partial charge < -0.3 is 4.57 Å². The molecule has 0 saturated heterocycles. The molecule has 0 amide bonds. The third-order valence-electron chi connectivity index (χ3n) is 3.46. The largest absolute Gasteiger partial charge is 0.323 e. The second-order valence-corrected chi connectivity index (χ2v) is 6.05. The van der Waals surface area contributed by atoms with E-state index in [4.69, 9.17) is 0 Å². The number of thiophene rings is 1. The van der Waals surface area contributed by atoms with Crippen molar-refractivity contribution in [2.45, 2.75) is 20.4 Å². The maximum Gasteiger partial charge on any atom is 0.182 e. The molecule has 0 unspecified atom stereocenters. The van der Waals surface area contributed by atoms with E-state index >= 15 is 0 Å². The van der Waals surface area contributed by atoms with Gasteiger partial charge in [0.25, 0.3) is 0 Å². The lowest BCUT2D eigenvalue weighted by atomic mass is 10.0. The number of carbonyl (C=O) groups is 1. The van der Waals surface area contributed by atoms with E-state index in [1.165, 1.54) is 0 Å². The highest BCUT2D eigenvalue weighted by Crippen LogP contribution is 2.23. The number of rotatable bonds is 4. The van der Waals surface area contributed by atoms with E-state index in [-0.39, 0.29) is 5.78 Å². The molecule has 0 aliphatic heterocycles. The van der Waals surface area contributed by atoms with Crippen LogP contribution >= 0.6 is 11.3 Å². The summed E-state index contributed by atoms with van der Waals surface area (Å²) >= 11 is 1.63. The zero-order valence-corrected chi connectivity index (χ0v) is 12.9. The normalized spacial score (nSPS) is 10.8. The molecule has 2 aromatic heterocycles. The lowest BCUT2D eigenvalue weighted by molar-refractivity contribution is 0.0972. The van der Waals surface area contributed by atoms with Crippen LogP contribution in [0.3, 0.4) is 0 Å². The van der Waals surface area contributed by atoms with Crippen LogP contribution in [0.5, 0.6) is 0 Å². The summed E-state index contributed by atoms with van der Waals surface area (Å²) in [5, 5.41) is 2.01. The Morgan fingerprint density at radius 2 is 2.14 bits per heavy atom. The van der Waals surface area contributed by atoms with Gasteiger partial charge in [-0.3, -0.25) is 4.79 Å². The number of imidazole rings is 1. The zero-order chi connectivity index (χ0) is 14.8. The van der Waals surface area contributed by atoms with Crippen LogP contribution in [-0.2, 0) is 6.54 Å². The molecular formula is C17H16N2OS. The van der Waals surface area contributed by atoms with Crippen molar-refractivity contribution >= 4 is 17.1 Å². The molecule has 0 radical (unpaired) electrons. The molecule has 1 aromatic carbocycles. The van der Waals surface area contributed by atoms with Crippen LogP contribution in [0.1, 0.15) is 21.5 Å². The molecule has 106 valence electrons. The lowest BCUT2D eigenvalue weighted by Gasteiger charge is -2.09. The molecule has 3 rings (SSSR count). The van der Waals surface area contributed by atoms with E-state index in [0.717, 1.165) is 27.4 Å². The molecule has 4 heteroatoms. The first-order valence-electron chi connectivity index (χ1n) is 6.80. The van der Waals surface area contributed by atoms with Crippen molar-refractivity contribution in [3.05, 3.63) is 64.8 Å². The highest BCUT2D eigenvalue weighted by atomic mass is 32.1. The number of hydrogen-bond acceptors (Lipinski definition) is 3. The Balaban J connectivity index is 1.89. The molecule has 3 aromatic rings. The number of hydrogen-bond donors (Lipinski definition) is 0. The van der Waals surface area contributed by atoms with Crippen molar-refractivity contribution in [2.75, 3.05) is 0 Å². The smallest absolute Gasteiger partial charge is 0.182 e. The van der Waals surface area contributed by atoms with E-state index in [2.05, 4.69) is 4.98 Å². The van der Waals surface area contributed by atoms with E-state index in [9.17, 15) is 4.79 Å². The van der Waals surface area contributed by atoms with Crippen LogP contribution in [0.2, 0.25) is 0 Å². The molecule has 0 saturated carbocycles. The lowest BCUT2D eigenvalue weighted by Crippen LogP contribution is -2.12. The molecule has 2 heterocycles. The summed E-state index contributed by atoms with van der Waals surface area (Å²) < 4.78 is 1.91. The Labute approximate surface area is 127 Å². The van der Waals surface area contributed by atoms with Crippen molar-refractivity contribution in [2.24, 2.45) is 0 Å². The fraction of sp³-hybridized carbons (Fsp3) is 0.176. The summed E-state index contributed by atoms with van der Waals surface area (Å²) in [6, 6.07) is 9.99. The van der Waals surface area contributed by atoms with Gasteiger partial charge in [0.2, 0.25) is 0 Å². The summed E-state index contributed by atoms with van der Waals surface area (Å²) in [6.07, 6.45) is 3.60. The molecule has 0 bridgehead atoms. The summed E-state index contributed by atoms with van der Waals surface area (Å²) in [4.78, 5) is 18.0. The summed E-state index contributed by atoms with van der Waals surface area (Å²) in [6.45, 7) is 4.29. The van der Waals surface area contributed by atoms with Gasteiger partial charge in [0.1, 0.15) is 5.82 Å². The number of aryl methyl sites for hydroxylation is 2. The fourth-order valence-corrected chi connectivity index (χ4v) is 3.08. The van der Waals surface area contributed by atoms with Crippen molar-refractivity contribution < 1.29 is 4.79 Å². The van der Waals surface area contributed by atoms with Crippen molar-refractivity contribution in [3.63, 3.8) is 0 Å². The SMILES string of the molecule is Cc1ccc(C)c(C(=O)Cn2ccnc2-c2cccs2)c1. The monoisotopic (exact) mass is 296 g/mol. The Bertz CT molecular complexity index is 772. The molecule has 0 spiro atoms. The van der Waals surface area contributed by atoms with Crippen molar-refractivity contribution in [3.8, 4) is 10.7 Å². The minimum Gasteiger partial charge on any atom is -0.323 e. The number of Topliss-reactive ketones (excluding diaryl/α,β-unsaturated/α-hetero) is 1. The fourth-order valence-electron chi connectivity index (χ4n) is 2.34. The second-order valence-electron chi connectivity index (χ2n) is 5.10. The Morgan fingerprint density at radius 3 is 2.90 bits per heavy atom. The number of nitrogens with zero attached hydrogens (tertiary/aromatic N) is 2. The predicted octanol–water partition coefficient (Wildman–Crippen LogP) is 4.11. The zero-order valence-electron chi connectivity index (χ0n) is 12.0. The Kier molecular flexibility index (Phi) is 3.71. The molecule has 3 nitrogen and oxygen atoms in total. The average molecular weight is 296 g/mol. The van der Waals surface area contributed by atoms with Gasteiger partial charge in [-0.05, 0) is 36.9 Å². The molecule has 0 atom stereocenters. The third-order valence-corrected chi connectivity index (χ3v) is 4.33. The van der Waals surface area contributed by atoms with E-state index in [0.29, 0.717) is 6.54 Å². The van der Waals surface area contributed by atoms with Gasteiger partial charge >= 0.3 is 0 Å². The van der Waals surface area contributed by atoms with Gasteiger partial charge in [-0.1, -0.05) is 23.8 Å². The van der Waals surface area contributed by atoms with Crippen LogP contribution < -0.4 is 0 Å². The molecule has 0 fully saturated rings. The first-order chi connectivity index (χ1) is 10.1. The third kappa shape index (κ3) is 2.81. The Hall–Kier alpha value is -2.20. The van der Waals surface area contributed by atoms with Gasteiger partial charge in [0.15, 0.2) is 5.78 Å². The highest BCUT2D eigenvalue weighted by Gasteiger charge is 2.13. The molecule has 0 aliphatic rings. The minimum atomic E-state index is 0.118. The van der Waals surface area contributed by atoms with Crippen LogP contribution in [0.15, 0.2) is 48.1 Å². The second kappa shape index (κ2) is 5.66. The summed E-state index contributed by atoms with van der Waals surface area (Å²) in [5.74, 6) is 0.968. The predicted molar refractivity (Wildman–Crippen MR) is 85.8 cm³/mol. The number of ketones is 1. The van der Waals surface area contributed by atoms with Crippen LogP contribution in [-0.4, -0.2) is 15.3 Å². The van der Waals surface area contributed by atoms with Gasteiger partial charge in [-0.2, -0.15) is 0 Å². The van der Waals surface area contributed by atoms with Crippen molar-refractivity contribution in [1.82, 2.24) is 9.55 Å². The van der Waals surface area contributed by atoms with Gasteiger partial charge in [-0.15, -0.1) is 11.3 Å². The highest BCUT2D eigenvalue weighted by molar-refractivity contribution is 7.13. The molecular weight excluding hydrogens is 280 g/mol. The van der Waals surface area contributed by atoms with Gasteiger partial charge in [-0.25, -0.2) is 4.98 Å². The van der Waals surface area contributed by atoms with Gasteiger partial charge in [0, 0.05) is 18.0 Å². The van der Waals surface area contributed by atoms with Gasteiger partial charge in [0.05, 0.1) is 11.4 Å². The van der Waals surface area contributed by atoms with Crippen LogP contribution in [0, 0.1) is 13.8 Å². The number of aromatic nitrogens is 2. The molecule has 21 heavy (non-hydrogen) atoms. The first-order valence-corrected chi connectivity index (χ1v) is 7.68.